The number of amides is 1. The molecule has 1 N–H and O–H groups in total. The molecule has 1 rings (SSSR count). The van der Waals surface area contributed by atoms with Crippen molar-refractivity contribution < 1.29 is 23.8 Å². The minimum Gasteiger partial charge on any atom is -0.458 e. The Morgan fingerprint density at radius 2 is 1.58 bits per heavy atom. The number of carbonyl (C=O) groups is 2. The normalized spacial score (nSPS) is 14.3. The second-order valence-electron chi connectivity index (χ2n) is 8.15. The van der Waals surface area contributed by atoms with Gasteiger partial charge in [0.15, 0.2) is 6.04 Å². The fourth-order valence-electron chi connectivity index (χ4n) is 2.25. The number of hydrogen-bond donors (Lipinski definition) is 1. The summed E-state index contributed by atoms with van der Waals surface area (Å²) in [5, 5.41) is 2.57. The van der Waals surface area contributed by atoms with Crippen LogP contribution in [0, 0.1) is 0 Å². The van der Waals surface area contributed by atoms with Gasteiger partial charge in [-0.05, 0) is 54.0 Å². The minimum absolute atomic E-state index is 0.113. The fraction of sp³-hybridized carbons (Fsp3) is 0.600. The molecular weight excluding hydrogens is 334 g/mol. The summed E-state index contributed by atoms with van der Waals surface area (Å²) in [5.41, 5.74) is -0.294. The molecule has 1 amide bonds. The van der Waals surface area contributed by atoms with Gasteiger partial charge in [-0.3, -0.25) is 0 Å². The maximum atomic E-state index is 12.5. The molecule has 0 heterocycles. The minimum atomic E-state index is -0.975. The molecule has 26 heavy (non-hydrogen) atoms. The van der Waals surface area contributed by atoms with Crippen molar-refractivity contribution in [3.8, 4) is 0 Å². The number of esters is 1. The van der Waals surface area contributed by atoms with Crippen molar-refractivity contribution in [3.63, 3.8) is 0 Å². The van der Waals surface area contributed by atoms with E-state index in [9.17, 15) is 9.59 Å². The Bertz CT molecular complexity index is 586. The van der Waals surface area contributed by atoms with Gasteiger partial charge in [0.25, 0.3) is 0 Å². The molecule has 0 saturated heterocycles. The quantitative estimate of drug-likeness (QED) is 0.776. The Balaban J connectivity index is 2.76. The molecule has 0 radical (unpaired) electrons. The highest BCUT2D eigenvalue weighted by Gasteiger charge is 2.34. The Labute approximate surface area is 156 Å². The number of alkyl carbamates (subject to hydrolysis) is 1. The molecule has 2 atom stereocenters. The molecule has 6 nitrogen and oxygen atoms in total. The molecule has 0 fully saturated rings. The maximum absolute atomic E-state index is 12.5. The lowest BCUT2D eigenvalue weighted by atomic mass is 10.1. The van der Waals surface area contributed by atoms with Crippen molar-refractivity contribution in [1.82, 2.24) is 5.32 Å². The highest BCUT2D eigenvalue weighted by atomic mass is 16.6. The first-order valence-electron chi connectivity index (χ1n) is 8.75. The van der Waals surface area contributed by atoms with Gasteiger partial charge in [0, 0.05) is 0 Å². The van der Waals surface area contributed by atoms with Crippen LogP contribution in [0.5, 0.6) is 0 Å². The van der Waals surface area contributed by atoms with Crippen LogP contribution in [0.3, 0.4) is 0 Å². The molecule has 0 aliphatic heterocycles. The van der Waals surface area contributed by atoms with E-state index in [2.05, 4.69) is 5.32 Å². The van der Waals surface area contributed by atoms with Crippen LogP contribution >= 0.6 is 0 Å². The molecule has 1 aromatic carbocycles. The Morgan fingerprint density at radius 3 is 2.08 bits per heavy atom. The number of benzene rings is 1. The van der Waals surface area contributed by atoms with Crippen molar-refractivity contribution in [2.45, 2.75) is 78.4 Å². The Hall–Kier alpha value is -2.08. The van der Waals surface area contributed by atoms with Gasteiger partial charge >= 0.3 is 12.1 Å². The lowest BCUT2D eigenvalue weighted by Gasteiger charge is -2.31. The van der Waals surface area contributed by atoms with E-state index in [1.54, 1.807) is 27.7 Å². The molecule has 0 spiro atoms. The summed E-state index contributed by atoms with van der Waals surface area (Å²) in [5.74, 6) is -0.564. The lowest BCUT2D eigenvalue weighted by molar-refractivity contribution is -0.164. The van der Waals surface area contributed by atoms with Crippen LogP contribution in [0.25, 0.3) is 0 Å². The van der Waals surface area contributed by atoms with E-state index in [1.165, 1.54) is 0 Å². The van der Waals surface area contributed by atoms with Crippen LogP contribution < -0.4 is 5.32 Å². The fourth-order valence-corrected chi connectivity index (χ4v) is 2.25. The summed E-state index contributed by atoms with van der Waals surface area (Å²) >= 11 is 0. The van der Waals surface area contributed by atoms with Gasteiger partial charge in [0.1, 0.15) is 12.2 Å². The van der Waals surface area contributed by atoms with Crippen molar-refractivity contribution in [1.29, 1.82) is 0 Å². The number of rotatable bonds is 6. The van der Waals surface area contributed by atoms with Crippen molar-refractivity contribution >= 4 is 12.1 Å². The predicted octanol–water partition coefficient (Wildman–Crippen LogP) is 3.83. The summed E-state index contributed by atoms with van der Waals surface area (Å²) in [6.45, 7) is 12.8. The van der Waals surface area contributed by atoms with Crippen LogP contribution in [-0.2, 0) is 25.6 Å². The summed E-state index contributed by atoms with van der Waals surface area (Å²) in [7, 11) is 0. The summed E-state index contributed by atoms with van der Waals surface area (Å²) < 4.78 is 16.4. The van der Waals surface area contributed by atoms with Crippen LogP contribution in [0.4, 0.5) is 4.79 Å². The third-order valence-corrected chi connectivity index (χ3v) is 3.16. The SMILES string of the molecule is C[C@H](OC(C)(C)C)[C@H](NC(=O)OCc1ccccc1)C(=O)OC(C)(C)C. The zero-order valence-corrected chi connectivity index (χ0v) is 16.8. The second kappa shape index (κ2) is 9.03. The van der Waals surface area contributed by atoms with E-state index in [-0.39, 0.29) is 6.61 Å². The summed E-state index contributed by atoms with van der Waals surface area (Å²) in [6.07, 6.45) is -1.29. The van der Waals surface area contributed by atoms with E-state index in [0.717, 1.165) is 5.56 Å². The van der Waals surface area contributed by atoms with Gasteiger partial charge in [-0.1, -0.05) is 30.3 Å². The lowest BCUT2D eigenvalue weighted by Crippen LogP contribution is -2.52. The summed E-state index contributed by atoms with van der Waals surface area (Å²) in [4.78, 5) is 24.7. The Morgan fingerprint density at radius 1 is 1.00 bits per heavy atom. The molecule has 0 aromatic heterocycles. The van der Waals surface area contributed by atoms with Crippen molar-refractivity contribution in [2.75, 3.05) is 0 Å². The standard InChI is InChI=1S/C20H31NO5/c1-14(25-19(2,3)4)16(17(22)26-20(5,6)7)21-18(23)24-13-15-11-9-8-10-12-15/h8-12,14,16H,13H2,1-7H3,(H,21,23)/t14-,16-/m0/s1. The molecule has 6 heteroatoms. The first-order valence-corrected chi connectivity index (χ1v) is 8.75. The van der Waals surface area contributed by atoms with Gasteiger partial charge < -0.3 is 19.5 Å². The molecule has 0 saturated carbocycles. The Kier molecular flexibility index (Phi) is 7.63. The van der Waals surface area contributed by atoms with Crippen LogP contribution in [0.2, 0.25) is 0 Å². The third-order valence-electron chi connectivity index (χ3n) is 3.16. The monoisotopic (exact) mass is 365 g/mol. The van der Waals surface area contributed by atoms with E-state index in [4.69, 9.17) is 14.2 Å². The topological polar surface area (TPSA) is 73.9 Å². The van der Waals surface area contributed by atoms with Crippen LogP contribution in [0.1, 0.15) is 54.0 Å². The number of nitrogens with one attached hydrogen (secondary N) is 1. The average molecular weight is 365 g/mol. The van der Waals surface area contributed by atoms with Gasteiger partial charge in [0.2, 0.25) is 0 Å². The molecular formula is C20H31NO5. The van der Waals surface area contributed by atoms with Gasteiger partial charge in [-0.2, -0.15) is 0 Å². The molecule has 0 aliphatic rings. The van der Waals surface area contributed by atoms with E-state index < -0.39 is 35.4 Å². The number of hydrogen-bond acceptors (Lipinski definition) is 5. The van der Waals surface area contributed by atoms with E-state index >= 15 is 0 Å². The molecule has 0 unspecified atom stereocenters. The van der Waals surface area contributed by atoms with Gasteiger partial charge in [-0.25, -0.2) is 9.59 Å². The second-order valence-corrected chi connectivity index (χ2v) is 8.15. The largest absolute Gasteiger partial charge is 0.458 e. The zero-order chi connectivity index (χ0) is 20.0. The number of carbonyl (C=O) groups excluding carboxylic acids is 2. The number of ether oxygens (including phenoxy) is 3. The maximum Gasteiger partial charge on any atom is 0.408 e. The van der Waals surface area contributed by atoms with Crippen LogP contribution in [-0.4, -0.2) is 35.4 Å². The highest BCUT2D eigenvalue weighted by molar-refractivity contribution is 5.82. The summed E-state index contributed by atoms with van der Waals surface area (Å²) in [6, 6.07) is 8.33. The highest BCUT2D eigenvalue weighted by Crippen LogP contribution is 2.16. The molecule has 0 aliphatic carbocycles. The molecule has 146 valence electrons. The van der Waals surface area contributed by atoms with Crippen molar-refractivity contribution in [3.05, 3.63) is 35.9 Å². The first-order chi connectivity index (χ1) is 11.9. The average Bonchev–Trinajstić information content (AvgIpc) is 2.48. The first kappa shape index (κ1) is 22.0. The third kappa shape index (κ3) is 8.85. The zero-order valence-electron chi connectivity index (χ0n) is 16.8. The molecule has 1 aromatic rings. The van der Waals surface area contributed by atoms with Gasteiger partial charge in [0.05, 0.1) is 11.7 Å². The van der Waals surface area contributed by atoms with Gasteiger partial charge in [-0.15, -0.1) is 0 Å². The van der Waals surface area contributed by atoms with Crippen LogP contribution in [0.15, 0.2) is 30.3 Å². The van der Waals surface area contributed by atoms with E-state index in [1.807, 2.05) is 51.1 Å². The van der Waals surface area contributed by atoms with Crippen molar-refractivity contribution in [2.24, 2.45) is 0 Å². The smallest absolute Gasteiger partial charge is 0.408 e. The molecule has 0 bridgehead atoms. The van der Waals surface area contributed by atoms with E-state index in [0.29, 0.717) is 0 Å². The predicted molar refractivity (Wildman–Crippen MR) is 99.7 cm³/mol.